The van der Waals surface area contributed by atoms with E-state index in [0.29, 0.717) is 13.0 Å². The molecule has 52 valence electrons. The predicted octanol–water partition coefficient (Wildman–Crippen LogP) is 0.686. The first kappa shape index (κ1) is 6.55. The van der Waals surface area contributed by atoms with E-state index >= 15 is 0 Å². The van der Waals surface area contributed by atoms with E-state index < -0.39 is 0 Å². The van der Waals surface area contributed by atoms with Crippen LogP contribution in [0.4, 0.5) is 0 Å². The second kappa shape index (κ2) is 2.82. The summed E-state index contributed by atoms with van der Waals surface area (Å²) >= 11 is 0. The van der Waals surface area contributed by atoms with Crippen molar-refractivity contribution in [3.05, 3.63) is 0 Å². The summed E-state index contributed by atoms with van der Waals surface area (Å²) in [5.41, 5.74) is 0. The van der Waals surface area contributed by atoms with Crippen LogP contribution >= 0.6 is 0 Å². The number of epoxide rings is 1. The number of ether oxygens (including phenoxy) is 2. The van der Waals surface area contributed by atoms with Crippen LogP contribution in [-0.2, 0) is 14.3 Å². The quantitative estimate of drug-likeness (QED) is 0.416. The van der Waals surface area contributed by atoms with Crippen molar-refractivity contribution in [1.29, 1.82) is 0 Å². The fourth-order valence-electron chi connectivity index (χ4n) is 0.517. The third-order valence-electron chi connectivity index (χ3n) is 1.02. The molecule has 0 aromatic carbocycles. The van der Waals surface area contributed by atoms with E-state index in [4.69, 9.17) is 4.74 Å². The number of carbonyl (C=O) groups is 1. The number of rotatable bonds is 3. The van der Waals surface area contributed by atoms with Crippen molar-refractivity contribution >= 4 is 5.97 Å². The number of hydrogen-bond acceptors (Lipinski definition) is 3. The summed E-state index contributed by atoms with van der Waals surface area (Å²) < 4.78 is 9.42. The van der Waals surface area contributed by atoms with Crippen LogP contribution in [-0.4, -0.2) is 18.9 Å². The Bertz CT molecular complexity index is 107. The Kier molecular flexibility index (Phi) is 2.05. The van der Waals surface area contributed by atoms with Crippen LogP contribution < -0.4 is 0 Å². The second-order valence-electron chi connectivity index (χ2n) is 2.00. The zero-order valence-corrected chi connectivity index (χ0v) is 5.42. The Morgan fingerprint density at radius 3 is 3.00 bits per heavy atom. The molecule has 0 radical (unpaired) electrons. The zero-order valence-electron chi connectivity index (χ0n) is 5.42. The maximum atomic E-state index is 10.6. The summed E-state index contributed by atoms with van der Waals surface area (Å²) in [6.07, 6.45) is 1.12. The molecular formula is C6H10O3. The minimum absolute atomic E-state index is 0.153. The minimum Gasteiger partial charge on any atom is -0.433 e. The molecular weight excluding hydrogens is 120 g/mol. The van der Waals surface area contributed by atoms with Crippen LogP contribution in [0, 0.1) is 0 Å². The highest BCUT2D eigenvalue weighted by molar-refractivity contribution is 5.69. The number of hydrogen-bond donors (Lipinski definition) is 0. The smallest absolute Gasteiger partial charge is 0.308 e. The predicted molar refractivity (Wildman–Crippen MR) is 30.7 cm³/mol. The molecule has 3 nitrogen and oxygen atoms in total. The average molecular weight is 130 g/mol. The van der Waals surface area contributed by atoms with Gasteiger partial charge in [0.25, 0.3) is 0 Å². The molecule has 1 atom stereocenters. The van der Waals surface area contributed by atoms with Gasteiger partial charge in [0, 0.05) is 6.42 Å². The van der Waals surface area contributed by atoms with Gasteiger partial charge in [-0.2, -0.15) is 0 Å². The van der Waals surface area contributed by atoms with Gasteiger partial charge in [0.15, 0.2) is 0 Å². The van der Waals surface area contributed by atoms with Crippen molar-refractivity contribution in [2.45, 2.75) is 26.1 Å². The largest absolute Gasteiger partial charge is 0.433 e. The van der Waals surface area contributed by atoms with Gasteiger partial charge in [0.2, 0.25) is 6.29 Å². The van der Waals surface area contributed by atoms with Crippen LogP contribution in [0.25, 0.3) is 0 Å². The van der Waals surface area contributed by atoms with Crippen molar-refractivity contribution in [3.63, 3.8) is 0 Å². The number of carbonyl (C=O) groups excluding carboxylic acids is 1. The van der Waals surface area contributed by atoms with Gasteiger partial charge in [-0.1, -0.05) is 6.92 Å². The van der Waals surface area contributed by atoms with Crippen molar-refractivity contribution < 1.29 is 14.3 Å². The first-order chi connectivity index (χ1) is 4.33. The second-order valence-corrected chi connectivity index (χ2v) is 2.00. The molecule has 0 amide bonds. The van der Waals surface area contributed by atoms with Crippen LogP contribution in [0.3, 0.4) is 0 Å². The zero-order chi connectivity index (χ0) is 6.69. The van der Waals surface area contributed by atoms with Crippen LogP contribution in [0.1, 0.15) is 19.8 Å². The Hall–Kier alpha value is -0.570. The first-order valence-electron chi connectivity index (χ1n) is 3.14. The van der Waals surface area contributed by atoms with Crippen molar-refractivity contribution in [2.24, 2.45) is 0 Å². The van der Waals surface area contributed by atoms with Gasteiger partial charge in [0.1, 0.15) is 6.61 Å². The van der Waals surface area contributed by atoms with Gasteiger partial charge < -0.3 is 9.47 Å². The van der Waals surface area contributed by atoms with E-state index in [9.17, 15) is 4.79 Å². The molecule has 0 aromatic rings. The van der Waals surface area contributed by atoms with Crippen LogP contribution in [0.15, 0.2) is 0 Å². The monoisotopic (exact) mass is 130 g/mol. The highest BCUT2D eigenvalue weighted by Gasteiger charge is 2.26. The lowest BCUT2D eigenvalue weighted by molar-refractivity contribution is -0.148. The molecule has 0 spiro atoms. The van der Waals surface area contributed by atoms with Crippen LogP contribution in [0.5, 0.6) is 0 Å². The van der Waals surface area contributed by atoms with Gasteiger partial charge in [0.05, 0.1) is 0 Å². The fraction of sp³-hybridized carbons (Fsp3) is 0.833. The molecule has 3 heteroatoms. The third kappa shape index (κ3) is 2.46. The lowest BCUT2D eigenvalue weighted by atomic mass is 10.3. The molecule has 1 aliphatic heterocycles. The molecule has 0 saturated carbocycles. The molecule has 0 N–H and O–H groups in total. The maximum absolute atomic E-state index is 10.6. The van der Waals surface area contributed by atoms with Gasteiger partial charge in [-0.3, -0.25) is 4.79 Å². The van der Waals surface area contributed by atoms with Gasteiger partial charge >= 0.3 is 5.97 Å². The van der Waals surface area contributed by atoms with Gasteiger partial charge in [-0.25, -0.2) is 0 Å². The summed E-state index contributed by atoms with van der Waals surface area (Å²) in [6, 6.07) is 0. The minimum atomic E-state index is -0.218. The molecule has 0 aromatic heterocycles. The van der Waals surface area contributed by atoms with Crippen molar-refractivity contribution in [2.75, 3.05) is 6.61 Å². The topological polar surface area (TPSA) is 38.8 Å². The molecule has 1 unspecified atom stereocenters. The van der Waals surface area contributed by atoms with E-state index in [2.05, 4.69) is 4.74 Å². The third-order valence-corrected chi connectivity index (χ3v) is 1.02. The van der Waals surface area contributed by atoms with E-state index in [1.807, 2.05) is 6.92 Å². The Morgan fingerprint density at radius 2 is 2.56 bits per heavy atom. The Balaban J connectivity index is 2.02. The van der Waals surface area contributed by atoms with E-state index in [0.717, 1.165) is 6.42 Å². The summed E-state index contributed by atoms with van der Waals surface area (Å²) in [6.45, 7) is 2.52. The molecule has 1 saturated heterocycles. The maximum Gasteiger partial charge on any atom is 0.308 e. The normalized spacial score (nSPS) is 23.4. The summed E-state index contributed by atoms with van der Waals surface area (Å²) in [4.78, 5) is 10.6. The molecule has 1 fully saturated rings. The molecule has 1 aliphatic rings. The van der Waals surface area contributed by atoms with Crippen LogP contribution in [0.2, 0.25) is 0 Å². The summed E-state index contributed by atoms with van der Waals surface area (Å²) in [5, 5.41) is 0. The first-order valence-corrected chi connectivity index (χ1v) is 3.14. The standard InChI is InChI=1S/C6H10O3/c1-2-3-5(7)9-6-4-8-6/h6H,2-4H2,1H3. The summed E-state index contributed by atoms with van der Waals surface area (Å²) in [5.74, 6) is -0.153. The van der Waals surface area contributed by atoms with Gasteiger partial charge in [-0.15, -0.1) is 0 Å². The molecule has 9 heavy (non-hydrogen) atoms. The Labute approximate surface area is 53.9 Å². The lowest BCUT2D eigenvalue weighted by Crippen LogP contribution is -2.05. The molecule has 0 bridgehead atoms. The average Bonchev–Trinajstić information content (AvgIpc) is 2.50. The number of esters is 1. The molecule has 1 heterocycles. The Morgan fingerprint density at radius 1 is 1.89 bits per heavy atom. The van der Waals surface area contributed by atoms with E-state index in [1.54, 1.807) is 0 Å². The van der Waals surface area contributed by atoms with Crippen molar-refractivity contribution in [3.8, 4) is 0 Å². The van der Waals surface area contributed by atoms with E-state index in [-0.39, 0.29) is 12.3 Å². The highest BCUT2D eigenvalue weighted by atomic mass is 16.8. The van der Waals surface area contributed by atoms with Gasteiger partial charge in [-0.05, 0) is 6.42 Å². The fourth-order valence-corrected chi connectivity index (χ4v) is 0.517. The molecule has 1 rings (SSSR count). The van der Waals surface area contributed by atoms with E-state index in [1.165, 1.54) is 0 Å². The summed E-state index contributed by atoms with van der Waals surface area (Å²) in [7, 11) is 0. The lowest BCUT2D eigenvalue weighted by Gasteiger charge is -1.96. The molecule has 0 aliphatic carbocycles. The van der Waals surface area contributed by atoms with Crippen molar-refractivity contribution in [1.82, 2.24) is 0 Å². The SMILES string of the molecule is CCCC(=O)OC1CO1. The highest BCUT2D eigenvalue weighted by Crippen LogP contribution is 2.11.